The molecule has 1 atom stereocenters. The van der Waals surface area contributed by atoms with E-state index in [9.17, 15) is 9.59 Å². The molecular formula is C25H37NO5. The fraction of sp³-hybridized carbons (Fsp3) is 0.600. The van der Waals surface area contributed by atoms with Crippen LogP contribution in [0.4, 0.5) is 4.79 Å². The summed E-state index contributed by atoms with van der Waals surface area (Å²) >= 11 is 0. The van der Waals surface area contributed by atoms with E-state index < -0.39 is 24.0 Å². The number of benzene rings is 1. The number of carbonyl (C=O) groups excluding carboxylic acids is 2. The third-order valence-electron chi connectivity index (χ3n) is 4.72. The third-order valence-corrected chi connectivity index (χ3v) is 4.72. The van der Waals surface area contributed by atoms with E-state index in [4.69, 9.17) is 14.2 Å². The molecule has 1 aromatic rings. The lowest BCUT2D eigenvalue weighted by atomic mass is 9.82. The number of amides is 1. The Balaban J connectivity index is 2.43. The number of carbonyl (C=O) groups is 2. The van der Waals surface area contributed by atoms with Crippen molar-refractivity contribution in [2.24, 2.45) is 5.41 Å². The standard InChI is InChI=1S/C25H37NO5/c1-23(2,3)15-19(26-22(28)31-25(7,8)9)20(27)17-11-10-16(24(4,5)6)14-18(17)21-29-12-13-30-21/h10-14,19,21H,15H2,1-9H3,(H,26,28)/t19-/m1/s1. The Labute approximate surface area is 186 Å². The Hall–Kier alpha value is -2.50. The van der Waals surface area contributed by atoms with E-state index >= 15 is 0 Å². The number of hydrogen-bond donors (Lipinski definition) is 1. The number of nitrogens with one attached hydrogen (secondary N) is 1. The molecule has 1 aliphatic heterocycles. The van der Waals surface area contributed by atoms with Crippen molar-refractivity contribution in [3.05, 3.63) is 47.4 Å². The van der Waals surface area contributed by atoms with Crippen molar-refractivity contribution in [1.29, 1.82) is 0 Å². The fourth-order valence-electron chi connectivity index (χ4n) is 3.29. The molecule has 6 heteroatoms. The number of Topliss-reactive ketones (excluding diaryl/α,β-unsaturated/α-hetero) is 1. The van der Waals surface area contributed by atoms with E-state index in [0.29, 0.717) is 17.5 Å². The molecule has 172 valence electrons. The first kappa shape index (κ1) is 24.8. The lowest BCUT2D eigenvalue weighted by molar-refractivity contribution is -0.0252. The molecule has 0 saturated carbocycles. The Bertz CT molecular complexity index is 829. The lowest BCUT2D eigenvalue weighted by Crippen LogP contribution is -2.45. The fourth-order valence-corrected chi connectivity index (χ4v) is 3.29. The van der Waals surface area contributed by atoms with Crippen LogP contribution in [0.25, 0.3) is 0 Å². The molecule has 2 rings (SSSR count). The van der Waals surface area contributed by atoms with Crippen molar-refractivity contribution in [3.8, 4) is 0 Å². The summed E-state index contributed by atoms with van der Waals surface area (Å²) in [7, 11) is 0. The minimum atomic E-state index is -0.747. The van der Waals surface area contributed by atoms with Gasteiger partial charge in [0.15, 0.2) is 5.78 Å². The Morgan fingerprint density at radius 3 is 2.06 bits per heavy atom. The van der Waals surface area contributed by atoms with Crippen molar-refractivity contribution in [3.63, 3.8) is 0 Å². The zero-order valence-electron chi connectivity index (χ0n) is 20.3. The summed E-state index contributed by atoms with van der Waals surface area (Å²) in [6.45, 7) is 17.8. The molecule has 0 fully saturated rings. The van der Waals surface area contributed by atoms with Crippen molar-refractivity contribution in [2.75, 3.05) is 0 Å². The first-order valence-electron chi connectivity index (χ1n) is 10.7. The smallest absolute Gasteiger partial charge is 0.408 e. The van der Waals surface area contributed by atoms with Gasteiger partial charge in [-0.15, -0.1) is 0 Å². The van der Waals surface area contributed by atoms with E-state index in [1.165, 1.54) is 12.5 Å². The molecule has 0 aromatic heterocycles. The SMILES string of the molecule is CC(C)(C)C[C@@H](NC(=O)OC(C)(C)C)C(=O)c1ccc(C(C)(C)C)cc1C1OC=CO1. The zero-order chi connectivity index (χ0) is 23.6. The molecule has 1 aromatic carbocycles. The van der Waals surface area contributed by atoms with E-state index in [2.05, 4.69) is 26.1 Å². The van der Waals surface area contributed by atoms with Gasteiger partial charge in [0.2, 0.25) is 0 Å². The highest BCUT2D eigenvalue weighted by Crippen LogP contribution is 2.33. The maximum absolute atomic E-state index is 13.7. The van der Waals surface area contributed by atoms with Crippen LogP contribution < -0.4 is 5.32 Å². The van der Waals surface area contributed by atoms with Crippen LogP contribution in [-0.2, 0) is 19.6 Å². The van der Waals surface area contributed by atoms with Crippen LogP contribution in [-0.4, -0.2) is 23.5 Å². The van der Waals surface area contributed by atoms with Crippen molar-refractivity contribution >= 4 is 11.9 Å². The molecule has 0 aliphatic carbocycles. The average Bonchev–Trinajstić information content (AvgIpc) is 3.10. The predicted molar refractivity (Wildman–Crippen MR) is 121 cm³/mol. The lowest BCUT2D eigenvalue weighted by Gasteiger charge is -2.29. The first-order chi connectivity index (χ1) is 14.1. The summed E-state index contributed by atoms with van der Waals surface area (Å²) in [5, 5.41) is 2.78. The van der Waals surface area contributed by atoms with Crippen LogP contribution in [0.3, 0.4) is 0 Å². The average molecular weight is 432 g/mol. The number of ketones is 1. The minimum absolute atomic E-state index is 0.109. The van der Waals surface area contributed by atoms with Crippen LogP contribution in [0.2, 0.25) is 0 Å². The van der Waals surface area contributed by atoms with E-state index in [0.717, 1.165) is 5.56 Å². The molecule has 0 radical (unpaired) electrons. The molecule has 31 heavy (non-hydrogen) atoms. The molecular weight excluding hydrogens is 394 g/mol. The Morgan fingerprint density at radius 2 is 1.58 bits per heavy atom. The topological polar surface area (TPSA) is 73.9 Å². The van der Waals surface area contributed by atoms with Gasteiger partial charge in [-0.05, 0) is 49.7 Å². The molecule has 0 spiro atoms. The highest BCUT2D eigenvalue weighted by Gasteiger charge is 2.33. The maximum atomic E-state index is 13.7. The second kappa shape index (κ2) is 8.93. The summed E-state index contributed by atoms with van der Waals surface area (Å²) in [6, 6.07) is 4.95. The van der Waals surface area contributed by atoms with Crippen molar-refractivity contribution in [2.45, 2.75) is 92.1 Å². The Kier molecular flexibility index (Phi) is 7.14. The van der Waals surface area contributed by atoms with Gasteiger partial charge in [-0.1, -0.05) is 53.7 Å². The molecule has 6 nitrogen and oxygen atoms in total. The van der Waals surface area contributed by atoms with Gasteiger partial charge in [-0.2, -0.15) is 0 Å². The Morgan fingerprint density at radius 1 is 1.00 bits per heavy atom. The van der Waals surface area contributed by atoms with Crippen LogP contribution >= 0.6 is 0 Å². The molecule has 0 bridgehead atoms. The quantitative estimate of drug-likeness (QED) is 0.578. The molecule has 1 aliphatic rings. The molecule has 1 amide bonds. The van der Waals surface area contributed by atoms with Crippen LogP contribution in [0, 0.1) is 5.41 Å². The number of ether oxygens (including phenoxy) is 3. The highest BCUT2D eigenvalue weighted by atomic mass is 16.7. The van der Waals surface area contributed by atoms with Crippen LogP contribution in [0.5, 0.6) is 0 Å². The van der Waals surface area contributed by atoms with Gasteiger partial charge in [0.05, 0.1) is 6.04 Å². The maximum Gasteiger partial charge on any atom is 0.408 e. The van der Waals surface area contributed by atoms with Gasteiger partial charge in [0.25, 0.3) is 6.29 Å². The molecule has 1 N–H and O–H groups in total. The van der Waals surface area contributed by atoms with Gasteiger partial charge in [-0.3, -0.25) is 4.79 Å². The summed E-state index contributed by atoms with van der Waals surface area (Å²) in [5.74, 6) is -0.199. The minimum Gasteiger partial charge on any atom is -0.455 e. The summed E-state index contributed by atoms with van der Waals surface area (Å²) < 4.78 is 16.5. The van der Waals surface area contributed by atoms with Crippen molar-refractivity contribution in [1.82, 2.24) is 5.32 Å². The van der Waals surface area contributed by atoms with Gasteiger partial charge in [0, 0.05) is 11.1 Å². The molecule has 1 heterocycles. The second-order valence-corrected chi connectivity index (χ2v) is 11.3. The van der Waals surface area contributed by atoms with Gasteiger partial charge >= 0.3 is 6.09 Å². The van der Waals surface area contributed by atoms with Crippen molar-refractivity contribution < 1.29 is 23.8 Å². The monoisotopic (exact) mass is 431 g/mol. The largest absolute Gasteiger partial charge is 0.455 e. The van der Waals surface area contributed by atoms with Crippen LogP contribution in [0.1, 0.15) is 96.5 Å². The number of rotatable bonds is 5. The molecule has 0 unspecified atom stereocenters. The number of hydrogen-bond acceptors (Lipinski definition) is 5. The summed E-state index contributed by atoms with van der Waals surface area (Å²) in [5.41, 5.74) is 1.21. The van der Waals surface area contributed by atoms with Crippen LogP contribution in [0.15, 0.2) is 30.7 Å². The van der Waals surface area contributed by atoms with Gasteiger partial charge in [-0.25, -0.2) is 4.79 Å². The summed E-state index contributed by atoms with van der Waals surface area (Å²) in [4.78, 5) is 26.1. The number of alkyl carbamates (subject to hydrolysis) is 1. The third kappa shape index (κ3) is 7.30. The normalized spacial score (nSPS) is 15.8. The first-order valence-corrected chi connectivity index (χ1v) is 10.7. The second-order valence-electron chi connectivity index (χ2n) is 11.3. The highest BCUT2D eigenvalue weighted by molar-refractivity contribution is 6.02. The van der Waals surface area contributed by atoms with E-state index in [1.807, 2.05) is 32.9 Å². The van der Waals surface area contributed by atoms with Gasteiger partial charge < -0.3 is 19.5 Å². The van der Waals surface area contributed by atoms with E-state index in [1.54, 1.807) is 26.8 Å². The predicted octanol–water partition coefficient (Wildman–Crippen LogP) is 6.01. The van der Waals surface area contributed by atoms with E-state index in [-0.39, 0.29) is 16.6 Å². The summed E-state index contributed by atoms with van der Waals surface area (Å²) in [6.07, 6.45) is 2.08. The van der Waals surface area contributed by atoms with Gasteiger partial charge in [0.1, 0.15) is 18.1 Å². The molecule has 0 saturated heterocycles. The zero-order valence-corrected chi connectivity index (χ0v) is 20.3.